The molecule has 7 rings (SSSR count). The number of nitrogens with zero attached hydrogens (tertiary/aromatic N) is 3. The van der Waals surface area contributed by atoms with Crippen LogP contribution in [0.15, 0.2) is 122 Å². The Bertz CT molecular complexity index is 1880. The molecule has 166 valence electrons. The summed E-state index contributed by atoms with van der Waals surface area (Å²) in [6.07, 6.45) is 3.43. The minimum atomic E-state index is -3.15. The molecule has 4 nitrogen and oxygen atoms in total. The van der Waals surface area contributed by atoms with Gasteiger partial charge in [0.2, 0.25) is 0 Å². The van der Waals surface area contributed by atoms with Gasteiger partial charge >= 0.3 is 0 Å². The van der Waals surface area contributed by atoms with Crippen molar-refractivity contribution in [1.82, 2.24) is 14.4 Å². The zero-order valence-electron chi connectivity index (χ0n) is 18.7. The number of rotatable bonds is 3. The van der Waals surface area contributed by atoms with Gasteiger partial charge in [-0.05, 0) is 41.8 Å². The molecule has 0 aliphatic rings. The van der Waals surface area contributed by atoms with E-state index >= 15 is 0 Å². The molecule has 0 bridgehead atoms. The minimum Gasteiger partial charge on any atom is -0.309 e. The minimum absolute atomic E-state index is 0.717. The Morgan fingerprint density at radius 3 is 2.11 bits per heavy atom. The third-order valence-electron chi connectivity index (χ3n) is 6.73. The number of aromatic nitrogens is 3. The molecule has 0 aliphatic carbocycles. The van der Waals surface area contributed by atoms with Crippen molar-refractivity contribution >= 4 is 61.4 Å². The van der Waals surface area contributed by atoms with Gasteiger partial charge < -0.3 is 4.57 Å². The van der Waals surface area contributed by atoms with Gasteiger partial charge in [0.25, 0.3) is 0 Å². The maximum absolute atomic E-state index is 14.9. The van der Waals surface area contributed by atoms with Crippen molar-refractivity contribution in [3.8, 4) is 0 Å². The van der Waals surface area contributed by atoms with Gasteiger partial charge in [0.05, 0.1) is 16.6 Å². The Balaban J connectivity index is 1.61. The zero-order valence-corrected chi connectivity index (χ0v) is 19.6. The summed E-state index contributed by atoms with van der Waals surface area (Å²) >= 11 is 0. The number of para-hydroxylation sites is 1. The quantitative estimate of drug-likeness (QED) is 0.242. The van der Waals surface area contributed by atoms with Crippen LogP contribution in [0.5, 0.6) is 0 Å². The molecule has 0 saturated heterocycles. The molecule has 3 aromatic heterocycles. The first-order valence-corrected chi connectivity index (χ1v) is 13.2. The van der Waals surface area contributed by atoms with Gasteiger partial charge in [0, 0.05) is 39.1 Å². The number of hydrogen-bond acceptors (Lipinski definition) is 3. The van der Waals surface area contributed by atoms with E-state index in [1.165, 1.54) is 10.8 Å². The molecule has 35 heavy (non-hydrogen) atoms. The standard InChI is InChI=1S/C30H20N3OP/c34-35(21-9-2-1-3-10-21,23-11-8-18-31-20-23)22-16-17-27-29(19-22)33-28-15-7-6-13-25(28)24-12-4-5-14-26(24)30(33)32-27/h1-20H. The average Bonchev–Trinajstić information content (AvgIpc) is 3.33. The average molecular weight is 469 g/mol. The second-order valence-corrected chi connectivity index (χ2v) is 11.4. The number of hydrogen-bond donors (Lipinski definition) is 0. The summed E-state index contributed by atoms with van der Waals surface area (Å²) in [4.78, 5) is 9.31. The van der Waals surface area contributed by atoms with Crippen LogP contribution in [0.4, 0.5) is 0 Å². The van der Waals surface area contributed by atoms with Crippen LogP contribution in [-0.4, -0.2) is 14.4 Å². The first-order chi connectivity index (χ1) is 17.2. The summed E-state index contributed by atoms with van der Waals surface area (Å²) in [5.74, 6) is 0. The highest BCUT2D eigenvalue weighted by molar-refractivity contribution is 7.85. The Kier molecular flexibility index (Phi) is 4.39. The zero-order chi connectivity index (χ0) is 23.4. The van der Waals surface area contributed by atoms with Gasteiger partial charge in [-0.25, -0.2) is 4.98 Å². The topological polar surface area (TPSA) is 47.3 Å². The Morgan fingerprint density at radius 1 is 0.600 bits per heavy atom. The van der Waals surface area contributed by atoms with E-state index in [9.17, 15) is 4.57 Å². The lowest BCUT2D eigenvalue weighted by Gasteiger charge is -2.19. The van der Waals surface area contributed by atoms with Crippen LogP contribution >= 0.6 is 7.14 Å². The summed E-state index contributed by atoms with van der Waals surface area (Å²) in [7, 11) is -3.15. The smallest absolute Gasteiger partial charge is 0.172 e. The van der Waals surface area contributed by atoms with E-state index in [0.29, 0.717) is 0 Å². The molecule has 0 radical (unpaired) electrons. The van der Waals surface area contributed by atoms with Crippen molar-refractivity contribution in [1.29, 1.82) is 0 Å². The summed E-state index contributed by atoms with van der Waals surface area (Å²) in [6, 6.07) is 36.2. The molecule has 0 amide bonds. The van der Waals surface area contributed by atoms with Crippen molar-refractivity contribution < 1.29 is 4.57 Å². The van der Waals surface area contributed by atoms with Crippen LogP contribution in [0.2, 0.25) is 0 Å². The molecule has 3 heterocycles. The van der Waals surface area contributed by atoms with Gasteiger partial charge in [-0.2, -0.15) is 0 Å². The maximum Gasteiger partial charge on any atom is 0.172 e. The maximum atomic E-state index is 14.9. The molecule has 5 heteroatoms. The highest BCUT2D eigenvalue weighted by Gasteiger charge is 2.30. The number of fused-ring (bicyclic) bond motifs is 8. The predicted octanol–water partition coefficient (Wildman–Crippen LogP) is 5.83. The van der Waals surface area contributed by atoms with E-state index < -0.39 is 7.14 Å². The van der Waals surface area contributed by atoms with Crippen molar-refractivity contribution in [2.45, 2.75) is 0 Å². The molecule has 1 atom stereocenters. The molecular formula is C30H20N3OP. The first-order valence-electron chi connectivity index (χ1n) is 11.5. The van der Waals surface area contributed by atoms with Crippen molar-refractivity contribution in [3.05, 3.63) is 122 Å². The van der Waals surface area contributed by atoms with Crippen LogP contribution in [0.3, 0.4) is 0 Å². The number of benzene rings is 4. The molecule has 0 spiro atoms. The van der Waals surface area contributed by atoms with Gasteiger partial charge in [-0.15, -0.1) is 0 Å². The fourth-order valence-electron chi connectivity index (χ4n) is 5.12. The summed E-state index contributed by atoms with van der Waals surface area (Å²) in [6.45, 7) is 0. The highest BCUT2D eigenvalue weighted by Crippen LogP contribution is 2.43. The number of pyridine rings is 2. The van der Waals surface area contributed by atoms with E-state index in [1.54, 1.807) is 12.4 Å². The SMILES string of the molecule is O=P(c1ccccc1)(c1cccnc1)c1ccc2nc3c4ccccc4c4ccccc4n3c2c1. The molecular weight excluding hydrogens is 449 g/mol. The molecule has 0 aliphatic heterocycles. The fourth-order valence-corrected chi connectivity index (χ4v) is 7.72. The number of imidazole rings is 1. The fraction of sp³-hybridized carbons (Fsp3) is 0. The molecule has 0 fully saturated rings. The van der Waals surface area contributed by atoms with E-state index in [2.05, 4.69) is 57.9 Å². The summed E-state index contributed by atoms with van der Waals surface area (Å²) in [5, 5.41) is 5.71. The lowest BCUT2D eigenvalue weighted by molar-refractivity contribution is 0.592. The van der Waals surface area contributed by atoms with Crippen LogP contribution in [0, 0.1) is 0 Å². The second kappa shape index (κ2) is 7.63. The lowest BCUT2D eigenvalue weighted by atomic mass is 10.1. The molecule has 1 unspecified atom stereocenters. The summed E-state index contributed by atoms with van der Waals surface area (Å²) in [5.41, 5.74) is 3.81. The Morgan fingerprint density at radius 2 is 1.31 bits per heavy atom. The van der Waals surface area contributed by atoms with Gasteiger partial charge in [-0.3, -0.25) is 9.38 Å². The molecule has 4 aromatic carbocycles. The predicted molar refractivity (Wildman–Crippen MR) is 145 cm³/mol. The third kappa shape index (κ3) is 2.90. The van der Waals surface area contributed by atoms with Crippen LogP contribution in [-0.2, 0) is 4.57 Å². The van der Waals surface area contributed by atoms with Crippen LogP contribution in [0.25, 0.3) is 38.4 Å². The van der Waals surface area contributed by atoms with E-state index in [-0.39, 0.29) is 0 Å². The summed E-state index contributed by atoms with van der Waals surface area (Å²) < 4.78 is 17.1. The van der Waals surface area contributed by atoms with Crippen molar-refractivity contribution in [2.24, 2.45) is 0 Å². The Labute approximate surface area is 201 Å². The molecule has 0 N–H and O–H groups in total. The Hall–Kier alpha value is -4.27. The lowest BCUT2D eigenvalue weighted by Crippen LogP contribution is -2.25. The molecule has 0 saturated carbocycles. The monoisotopic (exact) mass is 469 g/mol. The van der Waals surface area contributed by atoms with Crippen LogP contribution < -0.4 is 15.9 Å². The first kappa shape index (κ1) is 20.1. The van der Waals surface area contributed by atoms with Gasteiger partial charge in [0.1, 0.15) is 5.65 Å². The van der Waals surface area contributed by atoms with Crippen molar-refractivity contribution in [2.75, 3.05) is 0 Å². The third-order valence-corrected chi connectivity index (χ3v) is 9.76. The second-order valence-electron chi connectivity index (χ2n) is 8.66. The van der Waals surface area contributed by atoms with Crippen molar-refractivity contribution in [3.63, 3.8) is 0 Å². The van der Waals surface area contributed by atoms with Gasteiger partial charge in [-0.1, -0.05) is 72.8 Å². The van der Waals surface area contributed by atoms with Gasteiger partial charge in [0.15, 0.2) is 7.14 Å². The normalized spacial score (nSPS) is 13.5. The van der Waals surface area contributed by atoms with E-state index in [4.69, 9.17) is 4.98 Å². The molecule has 7 aromatic rings. The largest absolute Gasteiger partial charge is 0.309 e. The van der Waals surface area contributed by atoms with E-state index in [0.717, 1.165) is 43.5 Å². The highest BCUT2D eigenvalue weighted by atomic mass is 31.2. The van der Waals surface area contributed by atoms with Crippen LogP contribution in [0.1, 0.15) is 0 Å². The van der Waals surface area contributed by atoms with E-state index in [1.807, 2.05) is 60.7 Å².